The number of rotatable bonds is 7. The summed E-state index contributed by atoms with van der Waals surface area (Å²) in [7, 11) is -2.36. The van der Waals surface area contributed by atoms with E-state index in [0.717, 1.165) is 5.56 Å². The van der Waals surface area contributed by atoms with Crippen molar-refractivity contribution in [2.24, 2.45) is 0 Å². The van der Waals surface area contributed by atoms with Crippen molar-refractivity contribution < 1.29 is 17.9 Å². The number of sulfonamides is 1. The largest absolute Gasteiger partial charge is 0.495 e. The van der Waals surface area contributed by atoms with Crippen molar-refractivity contribution >= 4 is 15.9 Å². The van der Waals surface area contributed by atoms with Gasteiger partial charge in [0.2, 0.25) is 10.0 Å². The zero-order valence-electron chi connectivity index (χ0n) is 16.2. The van der Waals surface area contributed by atoms with Gasteiger partial charge in [-0.3, -0.25) is 4.79 Å². The van der Waals surface area contributed by atoms with Crippen LogP contribution < -0.4 is 10.1 Å². The average Bonchev–Trinajstić information content (AvgIpc) is 2.72. The monoisotopic (exact) mass is 400 g/mol. The Hall–Kier alpha value is -2.82. The van der Waals surface area contributed by atoms with Gasteiger partial charge in [-0.05, 0) is 30.3 Å². The number of benzene rings is 2. The van der Waals surface area contributed by atoms with Gasteiger partial charge in [0.05, 0.1) is 13.7 Å². The van der Waals surface area contributed by atoms with Crippen LogP contribution in [-0.4, -0.2) is 45.4 Å². The van der Waals surface area contributed by atoms with Crippen LogP contribution in [0.5, 0.6) is 5.75 Å². The maximum atomic E-state index is 12.9. The molecule has 0 saturated carbocycles. The van der Waals surface area contributed by atoms with E-state index in [1.165, 1.54) is 29.6 Å². The Balaban J connectivity index is 2.20. The Kier molecular flexibility index (Phi) is 7.61. The highest BCUT2D eigenvalue weighted by Gasteiger charge is 2.26. The summed E-state index contributed by atoms with van der Waals surface area (Å²) in [4.78, 5) is 12.4. The lowest BCUT2D eigenvalue weighted by molar-refractivity contribution is 0.0958. The summed E-state index contributed by atoms with van der Waals surface area (Å²) in [6.45, 7) is 4.32. The molecule has 6 nitrogen and oxygen atoms in total. The number of carbonyl (C=O) groups excluding carboxylic acids is 1. The Bertz CT molecular complexity index is 972. The van der Waals surface area contributed by atoms with Crippen LogP contribution in [0.25, 0.3) is 0 Å². The molecule has 7 heteroatoms. The van der Waals surface area contributed by atoms with E-state index in [1.54, 1.807) is 13.8 Å². The average molecular weight is 401 g/mol. The highest BCUT2D eigenvalue weighted by atomic mass is 32.2. The Morgan fingerprint density at radius 2 is 1.79 bits per heavy atom. The van der Waals surface area contributed by atoms with Crippen LogP contribution in [0.2, 0.25) is 0 Å². The first-order valence-electron chi connectivity index (χ1n) is 8.94. The number of amides is 1. The minimum atomic E-state index is -3.76. The van der Waals surface area contributed by atoms with Gasteiger partial charge in [-0.1, -0.05) is 43.9 Å². The second-order valence-electron chi connectivity index (χ2n) is 5.81. The molecule has 2 aromatic carbocycles. The Labute approximate surface area is 166 Å². The highest BCUT2D eigenvalue weighted by molar-refractivity contribution is 7.89. The summed E-state index contributed by atoms with van der Waals surface area (Å²) in [5.41, 5.74) is 1.09. The quantitative estimate of drug-likeness (QED) is 0.725. The lowest BCUT2D eigenvalue weighted by atomic mass is 10.2. The molecule has 148 valence electrons. The van der Waals surface area contributed by atoms with E-state index in [-0.39, 0.29) is 22.8 Å². The fourth-order valence-electron chi connectivity index (χ4n) is 2.62. The summed E-state index contributed by atoms with van der Waals surface area (Å²) in [5, 5.41) is 2.68. The number of hydrogen-bond donors (Lipinski definition) is 1. The van der Waals surface area contributed by atoms with Gasteiger partial charge in [0.25, 0.3) is 5.91 Å². The second kappa shape index (κ2) is 9.93. The summed E-state index contributed by atoms with van der Waals surface area (Å²) in [5.74, 6) is 5.62. The summed E-state index contributed by atoms with van der Waals surface area (Å²) < 4.78 is 32.2. The molecule has 0 aliphatic rings. The predicted octanol–water partition coefficient (Wildman–Crippen LogP) is 2.51. The number of nitrogens with one attached hydrogen (secondary N) is 1. The van der Waals surface area contributed by atoms with E-state index < -0.39 is 15.9 Å². The fourth-order valence-corrected chi connectivity index (χ4v) is 4.26. The van der Waals surface area contributed by atoms with E-state index in [4.69, 9.17) is 4.74 Å². The van der Waals surface area contributed by atoms with E-state index >= 15 is 0 Å². The minimum absolute atomic E-state index is 0.0262. The van der Waals surface area contributed by atoms with Crippen molar-refractivity contribution in [3.63, 3.8) is 0 Å². The molecule has 0 bridgehead atoms. The van der Waals surface area contributed by atoms with Crippen molar-refractivity contribution in [1.29, 1.82) is 0 Å². The summed E-state index contributed by atoms with van der Waals surface area (Å²) >= 11 is 0. The molecule has 0 heterocycles. The van der Waals surface area contributed by atoms with Crippen LogP contribution in [0.15, 0.2) is 53.4 Å². The van der Waals surface area contributed by atoms with Crippen LogP contribution in [-0.2, 0) is 10.0 Å². The molecule has 0 fully saturated rings. The molecular formula is C21H24N2O4S. The molecule has 1 N–H and O–H groups in total. The normalized spacial score (nSPS) is 10.9. The Morgan fingerprint density at radius 1 is 1.11 bits per heavy atom. The molecule has 2 rings (SSSR count). The molecule has 0 spiro atoms. The first-order valence-corrected chi connectivity index (χ1v) is 10.4. The van der Waals surface area contributed by atoms with E-state index in [2.05, 4.69) is 17.2 Å². The van der Waals surface area contributed by atoms with Crippen LogP contribution in [0.3, 0.4) is 0 Å². The van der Waals surface area contributed by atoms with Gasteiger partial charge in [-0.2, -0.15) is 4.31 Å². The van der Waals surface area contributed by atoms with Crippen molar-refractivity contribution in [3.05, 3.63) is 59.7 Å². The molecule has 0 saturated heterocycles. The number of hydrogen-bond acceptors (Lipinski definition) is 4. The first kappa shape index (κ1) is 21.5. The number of ether oxygens (including phenoxy) is 1. The number of carbonyl (C=O) groups is 1. The zero-order chi connectivity index (χ0) is 20.6. The summed E-state index contributed by atoms with van der Waals surface area (Å²) in [6, 6.07) is 13.8. The number of methoxy groups -OCH3 is 1. The lowest BCUT2D eigenvalue weighted by Crippen LogP contribution is -2.31. The van der Waals surface area contributed by atoms with Crippen molar-refractivity contribution in [2.45, 2.75) is 18.7 Å². The summed E-state index contributed by atoms with van der Waals surface area (Å²) in [6.07, 6.45) is 0. The number of nitrogens with zero attached hydrogens (tertiary/aromatic N) is 1. The lowest BCUT2D eigenvalue weighted by Gasteiger charge is -2.20. The Morgan fingerprint density at radius 3 is 2.39 bits per heavy atom. The predicted molar refractivity (Wildman–Crippen MR) is 109 cm³/mol. The van der Waals surface area contributed by atoms with Crippen molar-refractivity contribution in [2.75, 3.05) is 26.7 Å². The standard InChI is InChI=1S/C21H24N2O4S/c1-4-23(5-2)28(25,26)20-16-18(13-14-19(20)27-3)21(24)22-15-9-12-17-10-7-6-8-11-17/h6-8,10-11,13-14,16H,4-5,15H2,1-3H3,(H,22,24). The molecule has 2 aromatic rings. The van der Waals surface area contributed by atoms with Gasteiger partial charge in [0.1, 0.15) is 10.6 Å². The van der Waals surface area contributed by atoms with E-state index in [9.17, 15) is 13.2 Å². The third-order valence-corrected chi connectivity index (χ3v) is 6.16. The first-order chi connectivity index (χ1) is 13.4. The minimum Gasteiger partial charge on any atom is -0.495 e. The van der Waals surface area contributed by atoms with Crippen LogP contribution in [0.1, 0.15) is 29.8 Å². The van der Waals surface area contributed by atoms with Gasteiger partial charge in [-0.25, -0.2) is 8.42 Å². The van der Waals surface area contributed by atoms with Crippen LogP contribution >= 0.6 is 0 Å². The van der Waals surface area contributed by atoms with Gasteiger partial charge < -0.3 is 10.1 Å². The molecule has 0 aliphatic carbocycles. The molecular weight excluding hydrogens is 376 g/mol. The zero-order valence-corrected chi connectivity index (χ0v) is 17.0. The molecule has 0 atom stereocenters. The smallest absolute Gasteiger partial charge is 0.252 e. The van der Waals surface area contributed by atoms with Gasteiger partial charge in [0.15, 0.2) is 0 Å². The molecule has 28 heavy (non-hydrogen) atoms. The van der Waals surface area contributed by atoms with Crippen LogP contribution in [0.4, 0.5) is 0 Å². The topological polar surface area (TPSA) is 75.7 Å². The van der Waals surface area contributed by atoms with Crippen molar-refractivity contribution in [1.82, 2.24) is 9.62 Å². The van der Waals surface area contributed by atoms with Gasteiger partial charge >= 0.3 is 0 Å². The molecule has 0 unspecified atom stereocenters. The molecule has 1 amide bonds. The molecule has 0 aromatic heterocycles. The van der Waals surface area contributed by atoms with E-state index in [0.29, 0.717) is 13.1 Å². The molecule has 0 aliphatic heterocycles. The van der Waals surface area contributed by atoms with Gasteiger partial charge in [0, 0.05) is 24.2 Å². The van der Waals surface area contributed by atoms with Crippen LogP contribution in [0, 0.1) is 11.8 Å². The third kappa shape index (κ3) is 5.12. The van der Waals surface area contributed by atoms with Gasteiger partial charge in [-0.15, -0.1) is 0 Å². The maximum absolute atomic E-state index is 12.9. The van der Waals surface area contributed by atoms with E-state index in [1.807, 2.05) is 30.3 Å². The van der Waals surface area contributed by atoms with Crippen molar-refractivity contribution in [3.8, 4) is 17.6 Å². The SMILES string of the molecule is CCN(CC)S(=O)(=O)c1cc(C(=O)NCC#Cc2ccccc2)ccc1OC. The fraction of sp³-hybridized carbons (Fsp3) is 0.286. The maximum Gasteiger partial charge on any atom is 0.252 e. The third-order valence-electron chi connectivity index (χ3n) is 4.09. The second-order valence-corrected chi connectivity index (χ2v) is 7.71. The highest BCUT2D eigenvalue weighted by Crippen LogP contribution is 2.27. The molecule has 0 radical (unpaired) electrons.